The molecule has 28 heavy (non-hydrogen) atoms. The highest BCUT2D eigenvalue weighted by molar-refractivity contribution is 5.99. The Kier molecular flexibility index (Phi) is 5.31. The molecule has 152 valence electrons. The van der Waals surface area contributed by atoms with Crippen LogP contribution in [-0.4, -0.2) is 95.9 Å². The number of amides is 1. The number of carbonyl (C=O) groups excluding carboxylic acids is 1. The monoisotopic (exact) mass is 386 g/mol. The zero-order chi connectivity index (χ0) is 19.8. The summed E-state index contributed by atoms with van der Waals surface area (Å²) in [6.45, 7) is 5.10. The molecule has 2 atom stereocenters. The van der Waals surface area contributed by atoms with E-state index >= 15 is 0 Å². The lowest BCUT2D eigenvalue weighted by molar-refractivity contribution is -0.0221. The number of rotatable bonds is 3. The fourth-order valence-electron chi connectivity index (χ4n) is 4.50. The molecule has 0 saturated carbocycles. The van der Waals surface area contributed by atoms with E-state index in [0.717, 1.165) is 49.3 Å². The lowest BCUT2D eigenvalue weighted by atomic mass is 9.99. The average Bonchev–Trinajstić information content (AvgIpc) is 3.04. The largest absolute Gasteiger partial charge is 0.497 e. The molecule has 3 heterocycles. The number of aliphatic hydroxyl groups excluding tert-OH is 1. The highest BCUT2D eigenvalue weighted by Crippen LogP contribution is 2.26. The average molecular weight is 386 g/mol. The third kappa shape index (κ3) is 3.50. The Balaban J connectivity index is 1.47. The number of aromatic nitrogens is 1. The molecule has 0 bridgehead atoms. The fourth-order valence-corrected chi connectivity index (χ4v) is 4.50. The smallest absolute Gasteiger partial charge is 0.270 e. The van der Waals surface area contributed by atoms with Crippen molar-refractivity contribution in [2.45, 2.75) is 18.6 Å². The Bertz CT molecular complexity index is 857. The van der Waals surface area contributed by atoms with Gasteiger partial charge in [-0.05, 0) is 37.7 Å². The van der Waals surface area contributed by atoms with Crippen molar-refractivity contribution in [2.24, 2.45) is 7.05 Å². The highest BCUT2D eigenvalue weighted by atomic mass is 16.5. The van der Waals surface area contributed by atoms with E-state index in [1.54, 1.807) is 12.0 Å². The summed E-state index contributed by atoms with van der Waals surface area (Å²) in [4.78, 5) is 19.7. The first-order valence-electron chi connectivity index (χ1n) is 10.0. The first kappa shape index (κ1) is 19.2. The molecule has 1 aromatic carbocycles. The van der Waals surface area contributed by atoms with Crippen LogP contribution >= 0.6 is 0 Å². The van der Waals surface area contributed by atoms with Crippen LogP contribution < -0.4 is 4.74 Å². The van der Waals surface area contributed by atoms with E-state index in [1.807, 2.05) is 35.9 Å². The van der Waals surface area contributed by atoms with Gasteiger partial charge in [-0.15, -0.1) is 0 Å². The Morgan fingerprint density at radius 1 is 1.11 bits per heavy atom. The number of aryl methyl sites for hydroxylation is 1. The highest BCUT2D eigenvalue weighted by Gasteiger charge is 2.35. The zero-order valence-electron chi connectivity index (χ0n) is 17.0. The molecule has 2 fully saturated rings. The molecule has 0 unspecified atom stereocenters. The molecule has 7 heteroatoms. The van der Waals surface area contributed by atoms with Crippen LogP contribution in [0.5, 0.6) is 5.75 Å². The van der Waals surface area contributed by atoms with Gasteiger partial charge in [0.05, 0.1) is 13.2 Å². The number of nitrogens with zero attached hydrogens (tertiary/aromatic N) is 4. The molecule has 0 aliphatic carbocycles. The maximum absolute atomic E-state index is 13.2. The number of hydrogen-bond donors (Lipinski definition) is 1. The van der Waals surface area contributed by atoms with E-state index in [9.17, 15) is 9.90 Å². The number of β-amino-alcohol motifs (C(OH)–C–C–N with tert-alkyl or cyclic N) is 1. The van der Waals surface area contributed by atoms with Crippen LogP contribution in [0.4, 0.5) is 0 Å². The van der Waals surface area contributed by atoms with Crippen LogP contribution in [0, 0.1) is 0 Å². The van der Waals surface area contributed by atoms with Crippen molar-refractivity contribution in [1.29, 1.82) is 0 Å². The van der Waals surface area contributed by atoms with Crippen molar-refractivity contribution < 1.29 is 14.6 Å². The molecule has 0 radical (unpaired) electrons. The number of piperidine rings is 1. The van der Waals surface area contributed by atoms with Gasteiger partial charge >= 0.3 is 0 Å². The molecule has 2 aliphatic heterocycles. The third-order valence-electron chi connectivity index (χ3n) is 6.31. The first-order chi connectivity index (χ1) is 13.5. The summed E-state index contributed by atoms with van der Waals surface area (Å²) in [6, 6.07) is 7.88. The number of piperazine rings is 1. The molecule has 1 aromatic heterocycles. The van der Waals surface area contributed by atoms with E-state index < -0.39 is 6.10 Å². The second-order valence-corrected chi connectivity index (χ2v) is 8.03. The Morgan fingerprint density at radius 3 is 2.54 bits per heavy atom. The molecule has 2 aliphatic rings. The first-order valence-corrected chi connectivity index (χ1v) is 10.0. The van der Waals surface area contributed by atoms with Crippen molar-refractivity contribution in [3.63, 3.8) is 0 Å². The zero-order valence-corrected chi connectivity index (χ0v) is 17.0. The van der Waals surface area contributed by atoms with Gasteiger partial charge in [0.2, 0.25) is 0 Å². The van der Waals surface area contributed by atoms with Crippen LogP contribution in [0.3, 0.4) is 0 Å². The maximum atomic E-state index is 13.2. The molecule has 2 saturated heterocycles. The number of likely N-dealkylation sites (N-methyl/N-ethyl adjacent to an activating group) is 1. The number of carbonyl (C=O) groups is 1. The molecule has 7 nitrogen and oxygen atoms in total. The number of likely N-dealkylation sites (tertiary alicyclic amines) is 1. The van der Waals surface area contributed by atoms with Crippen molar-refractivity contribution in [3.05, 3.63) is 30.0 Å². The summed E-state index contributed by atoms with van der Waals surface area (Å²) in [5.41, 5.74) is 1.64. The van der Waals surface area contributed by atoms with Gasteiger partial charge in [0.15, 0.2) is 0 Å². The molecule has 0 spiro atoms. The summed E-state index contributed by atoms with van der Waals surface area (Å²) in [7, 11) is 5.69. The number of hydrogen-bond acceptors (Lipinski definition) is 5. The minimum atomic E-state index is -0.504. The van der Waals surface area contributed by atoms with Crippen molar-refractivity contribution >= 4 is 16.8 Å². The lowest BCUT2D eigenvalue weighted by Gasteiger charge is -2.44. The fraction of sp³-hybridized carbons (Fsp3) is 0.571. The summed E-state index contributed by atoms with van der Waals surface area (Å²) >= 11 is 0. The van der Waals surface area contributed by atoms with Crippen LogP contribution in [-0.2, 0) is 7.05 Å². The van der Waals surface area contributed by atoms with E-state index in [2.05, 4.69) is 16.8 Å². The number of methoxy groups -OCH3 is 1. The number of ether oxygens (including phenoxy) is 1. The molecular weight excluding hydrogens is 356 g/mol. The molecule has 2 aromatic rings. The van der Waals surface area contributed by atoms with Crippen LogP contribution in [0.25, 0.3) is 10.9 Å². The molecule has 1 amide bonds. The lowest BCUT2D eigenvalue weighted by Crippen LogP contribution is -2.59. The normalized spacial score (nSPS) is 24.6. The van der Waals surface area contributed by atoms with Crippen LogP contribution in [0.15, 0.2) is 24.3 Å². The van der Waals surface area contributed by atoms with E-state index in [0.29, 0.717) is 18.8 Å². The minimum Gasteiger partial charge on any atom is -0.497 e. The number of benzene rings is 1. The van der Waals surface area contributed by atoms with Gasteiger partial charge in [0.1, 0.15) is 11.4 Å². The van der Waals surface area contributed by atoms with Crippen molar-refractivity contribution in [3.8, 4) is 5.75 Å². The SMILES string of the molecule is COc1ccc2c(c1)cc(C(=O)N1CC[C@H](N3CCN(C)CC3)[C@@H](O)C1)n2C. The molecular formula is C21H30N4O3. The van der Waals surface area contributed by atoms with Gasteiger partial charge in [-0.25, -0.2) is 0 Å². The summed E-state index contributed by atoms with van der Waals surface area (Å²) in [5.74, 6) is 0.758. The van der Waals surface area contributed by atoms with E-state index in [-0.39, 0.29) is 11.9 Å². The van der Waals surface area contributed by atoms with Gasteiger partial charge < -0.3 is 24.2 Å². The van der Waals surface area contributed by atoms with Gasteiger partial charge in [-0.2, -0.15) is 0 Å². The Morgan fingerprint density at radius 2 is 1.86 bits per heavy atom. The third-order valence-corrected chi connectivity index (χ3v) is 6.31. The van der Waals surface area contributed by atoms with E-state index in [1.165, 1.54) is 0 Å². The number of fused-ring (bicyclic) bond motifs is 1. The molecule has 1 N–H and O–H groups in total. The second-order valence-electron chi connectivity index (χ2n) is 8.03. The van der Waals surface area contributed by atoms with Gasteiger partial charge in [-0.3, -0.25) is 9.69 Å². The quantitative estimate of drug-likeness (QED) is 0.853. The predicted octanol–water partition coefficient (Wildman–Crippen LogP) is 1.01. The van der Waals surface area contributed by atoms with Crippen molar-refractivity contribution in [1.82, 2.24) is 19.3 Å². The summed E-state index contributed by atoms with van der Waals surface area (Å²) in [5, 5.41) is 11.7. The van der Waals surface area contributed by atoms with Crippen molar-refractivity contribution in [2.75, 3.05) is 53.4 Å². The van der Waals surface area contributed by atoms with Gasteiger partial charge in [-0.1, -0.05) is 0 Å². The topological polar surface area (TPSA) is 61.2 Å². The Hall–Kier alpha value is -2.09. The minimum absolute atomic E-state index is 0.0199. The Labute approximate surface area is 166 Å². The van der Waals surface area contributed by atoms with Crippen LogP contribution in [0.1, 0.15) is 16.9 Å². The number of aliphatic hydroxyl groups is 1. The van der Waals surface area contributed by atoms with E-state index in [4.69, 9.17) is 4.74 Å². The maximum Gasteiger partial charge on any atom is 0.270 e. The summed E-state index contributed by atoms with van der Waals surface area (Å²) in [6.07, 6.45) is 0.310. The van der Waals surface area contributed by atoms with Crippen LogP contribution in [0.2, 0.25) is 0 Å². The molecule has 4 rings (SSSR count). The standard InChI is InChI=1S/C21H30N4O3/c1-22-8-10-24(11-9-22)18-6-7-25(14-20(18)26)21(27)19-13-15-12-16(28-3)4-5-17(15)23(19)2/h4-5,12-13,18,20,26H,6-11,14H2,1-3H3/t18-,20-/m0/s1. The second kappa shape index (κ2) is 7.73. The summed E-state index contributed by atoms with van der Waals surface area (Å²) < 4.78 is 7.22. The van der Waals surface area contributed by atoms with Gasteiger partial charge in [0, 0.05) is 63.3 Å². The predicted molar refractivity (Wildman–Crippen MR) is 109 cm³/mol. The van der Waals surface area contributed by atoms with Gasteiger partial charge in [0.25, 0.3) is 5.91 Å².